The van der Waals surface area contributed by atoms with Crippen LogP contribution in [0.25, 0.3) is 0 Å². The third-order valence-electron chi connectivity index (χ3n) is 8.85. The van der Waals surface area contributed by atoms with E-state index in [0.717, 1.165) is 25.7 Å². The van der Waals surface area contributed by atoms with Crippen molar-refractivity contribution in [2.24, 2.45) is 5.92 Å². The zero-order chi connectivity index (χ0) is 32.6. The molecule has 0 spiro atoms. The summed E-state index contributed by atoms with van der Waals surface area (Å²) in [6.07, 6.45) is 8.89. The Morgan fingerprint density at radius 3 is 2.44 bits per heavy atom. The lowest BCUT2D eigenvalue weighted by Crippen LogP contribution is -2.64. The minimum absolute atomic E-state index is 0.0113. The van der Waals surface area contributed by atoms with Crippen molar-refractivity contribution in [1.82, 2.24) is 15.5 Å². The van der Waals surface area contributed by atoms with Gasteiger partial charge in [0.2, 0.25) is 17.7 Å². The van der Waals surface area contributed by atoms with Gasteiger partial charge in [0, 0.05) is 51.9 Å². The summed E-state index contributed by atoms with van der Waals surface area (Å²) in [5.41, 5.74) is 0. The first-order valence-electron chi connectivity index (χ1n) is 16.7. The first-order chi connectivity index (χ1) is 21.7. The van der Waals surface area contributed by atoms with Gasteiger partial charge in [-0.3, -0.25) is 14.4 Å². The van der Waals surface area contributed by atoms with Gasteiger partial charge < -0.3 is 50.2 Å². The lowest BCUT2D eigenvalue weighted by Gasteiger charge is -2.42. The molecule has 13 heteroatoms. The zero-order valence-electron chi connectivity index (χ0n) is 26.7. The Hall–Kier alpha value is -2.29. The molecule has 2 aliphatic heterocycles. The molecule has 13 nitrogen and oxygen atoms in total. The molecule has 1 saturated carbocycles. The highest BCUT2D eigenvalue weighted by atomic mass is 16.7. The Morgan fingerprint density at radius 2 is 1.73 bits per heavy atom. The van der Waals surface area contributed by atoms with E-state index in [0.29, 0.717) is 64.1 Å². The molecular weight excluding hydrogens is 586 g/mol. The third-order valence-corrected chi connectivity index (χ3v) is 8.85. The molecule has 5 unspecified atom stereocenters. The first kappa shape index (κ1) is 37.2. The number of allylic oxidation sites excluding steroid dienone is 1. The maximum atomic E-state index is 12.8. The minimum atomic E-state index is -1.36. The number of carbonyl (C=O) groups excluding carboxylic acids is 3. The van der Waals surface area contributed by atoms with Gasteiger partial charge in [-0.2, -0.15) is 0 Å². The summed E-state index contributed by atoms with van der Waals surface area (Å²) in [5.74, 6) is 0.271. The Bertz CT molecular complexity index is 933. The van der Waals surface area contributed by atoms with Crippen LogP contribution in [0.5, 0.6) is 0 Å². The number of likely N-dealkylation sites (tertiary alicyclic amines) is 1. The largest absolute Gasteiger partial charge is 0.501 e. The SMILES string of the molecule is CC(=O)NC1C(OCCCCCC(=O)NCCCCCC(=O)N2C[C@H](O)C[C@H]2CCO/C=C\C2CCC2)OC(CO)C(O)C1O. The molecule has 0 aromatic rings. The number of aliphatic hydroxyl groups excluding tert-OH is 4. The second-order valence-corrected chi connectivity index (χ2v) is 12.5. The average molecular weight is 642 g/mol. The zero-order valence-corrected chi connectivity index (χ0v) is 26.7. The maximum absolute atomic E-state index is 12.8. The summed E-state index contributed by atoms with van der Waals surface area (Å²) in [5, 5.41) is 45.3. The number of β-amino-alcohol motifs (C(OH)–C–C–N with tert-alkyl or cyclic N) is 1. The highest BCUT2D eigenvalue weighted by Gasteiger charge is 2.45. The van der Waals surface area contributed by atoms with Gasteiger partial charge in [0.15, 0.2) is 6.29 Å². The molecule has 3 fully saturated rings. The fourth-order valence-electron chi connectivity index (χ4n) is 5.96. The highest BCUT2D eigenvalue weighted by Crippen LogP contribution is 2.27. The van der Waals surface area contributed by atoms with Crippen molar-refractivity contribution in [2.75, 3.05) is 32.9 Å². The van der Waals surface area contributed by atoms with Crippen LogP contribution in [-0.2, 0) is 28.6 Å². The molecule has 0 bridgehead atoms. The lowest BCUT2D eigenvalue weighted by atomic mass is 9.86. The normalized spacial score (nSPS) is 28.6. The lowest BCUT2D eigenvalue weighted by molar-refractivity contribution is -0.270. The van der Waals surface area contributed by atoms with E-state index in [2.05, 4.69) is 16.7 Å². The van der Waals surface area contributed by atoms with E-state index in [9.17, 15) is 34.8 Å². The van der Waals surface area contributed by atoms with Gasteiger partial charge in [-0.1, -0.05) is 19.3 Å². The summed E-state index contributed by atoms with van der Waals surface area (Å²) in [4.78, 5) is 38.3. The fourth-order valence-corrected chi connectivity index (χ4v) is 5.96. The van der Waals surface area contributed by atoms with Crippen LogP contribution in [0.1, 0.15) is 90.4 Å². The van der Waals surface area contributed by atoms with Crippen LogP contribution < -0.4 is 10.6 Å². The molecule has 7 atom stereocenters. The summed E-state index contributed by atoms with van der Waals surface area (Å²) >= 11 is 0. The van der Waals surface area contributed by atoms with Gasteiger partial charge >= 0.3 is 0 Å². The molecule has 2 saturated heterocycles. The second kappa shape index (κ2) is 20.1. The summed E-state index contributed by atoms with van der Waals surface area (Å²) < 4.78 is 16.8. The number of carbonyl (C=O) groups is 3. The molecule has 0 aromatic heterocycles. The van der Waals surface area contributed by atoms with Crippen LogP contribution in [0.3, 0.4) is 0 Å². The number of aliphatic hydroxyl groups is 4. The highest BCUT2D eigenvalue weighted by molar-refractivity contribution is 5.77. The molecule has 6 N–H and O–H groups in total. The molecule has 1 aliphatic carbocycles. The van der Waals surface area contributed by atoms with Gasteiger partial charge in [0.05, 0.1) is 25.6 Å². The quantitative estimate of drug-likeness (QED) is 0.0823. The first-order valence-corrected chi connectivity index (χ1v) is 16.7. The number of amides is 3. The van der Waals surface area contributed by atoms with Gasteiger partial charge in [0.25, 0.3) is 0 Å². The fraction of sp³-hybridized carbons (Fsp3) is 0.844. The van der Waals surface area contributed by atoms with E-state index in [1.165, 1.54) is 26.2 Å². The van der Waals surface area contributed by atoms with E-state index in [4.69, 9.17) is 14.2 Å². The standard InChI is InChI=1S/C32H55N3O10/c1-22(37)34-29-31(42)30(41)26(21-36)45-32(29)44-16-7-3-4-11-27(39)33-15-6-2-5-12-28(40)35-20-25(38)19-24(35)14-18-43-17-13-23-9-8-10-23/h13,17,23-26,29-32,36,38,41-42H,2-12,14-16,18-21H2,1H3,(H,33,39)(H,34,37)/b17-13-/t24-,25-,26?,29?,30?,31?,32?/m1/s1. The predicted octanol–water partition coefficient (Wildman–Crippen LogP) is 0.866. The van der Waals surface area contributed by atoms with Crippen LogP contribution >= 0.6 is 0 Å². The van der Waals surface area contributed by atoms with Gasteiger partial charge in [0.1, 0.15) is 24.4 Å². The molecular formula is C32H55N3O10. The summed E-state index contributed by atoms with van der Waals surface area (Å²) in [6.45, 7) is 2.51. The van der Waals surface area contributed by atoms with E-state index in [1.54, 1.807) is 11.2 Å². The van der Waals surface area contributed by atoms with E-state index < -0.39 is 49.3 Å². The smallest absolute Gasteiger partial charge is 0.222 e. The van der Waals surface area contributed by atoms with Crippen molar-refractivity contribution in [2.45, 2.75) is 133 Å². The Labute approximate surface area is 266 Å². The maximum Gasteiger partial charge on any atom is 0.222 e. The Morgan fingerprint density at radius 1 is 0.978 bits per heavy atom. The summed E-state index contributed by atoms with van der Waals surface area (Å²) in [6, 6.07) is -0.958. The molecule has 258 valence electrons. The van der Waals surface area contributed by atoms with Crippen molar-refractivity contribution in [3.8, 4) is 0 Å². The average Bonchev–Trinajstić information content (AvgIpc) is 3.36. The number of hydrogen-bond donors (Lipinski definition) is 6. The number of rotatable bonds is 20. The van der Waals surface area contributed by atoms with Crippen LogP contribution in [-0.4, -0.2) is 119 Å². The number of ether oxygens (including phenoxy) is 3. The van der Waals surface area contributed by atoms with Crippen LogP contribution in [0, 0.1) is 5.92 Å². The topological polar surface area (TPSA) is 187 Å². The third kappa shape index (κ3) is 12.8. The number of hydrogen-bond acceptors (Lipinski definition) is 10. The second-order valence-electron chi connectivity index (χ2n) is 12.5. The predicted molar refractivity (Wildman–Crippen MR) is 164 cm³/mol. The molecule has 0 aromatic carbocycles. The molecule has 45 heavy (non-hydrogen) atoms. The van der Waals surface area contributed by atoms with Gasteiger partial charge in [-0.05, 0) is 56.9 Å². The van der Waals surface area contributed by atoms with Crippen LogP contribution in [0.2, 0.25) is 0 Å². The van der Waals surface area contributed by atoms with Crippen molar-refractivity contribution in [3.05, 3.63) is 12.3 Å². The number of nitrogens with zero attached hydrogens (tertiary/aromatic N) is 1. The minimum Gasteiger partial charge on any atom is -0.501 e. The molecule has 2 heterocycles. The van der Waals surface area contributed by atoms with E-state index in [1.807, 2.05) is 0 Å². The monoisotopic (exact) mass is 641 g/mol. The molecule has 0 radical (unpaired) electrons. The van der Waals surface area contributed by atoms with Crippen molar-refractivity contribution in [1.29, 1.82) is 0 Å². The summed E-state index contributed by atoms with van der Waals surface area (Å²) in [7, 11) is 0. The molecule has 3 aliphatic rings. The van der Waals surface area contributed by atoms with Gasteiger partial charge in [-0.15, -0.1) is 0 Å². The Kier molecular flexibility index (Phi) is 16.6. The van der Waals surface area contributed by atoms with Crippen LogP contribution in [0.15, 0.2) is 12.3 Å². The Balaban J connectivity index is 1.19. The number of unbranched alkanes of at least 4 members (excludes halogenated alkanes) is 4. The molecule has 3 amide bonds. The van der Waals surface area contributed by atoms with Crippen molar-refractivity contribution >= 4 is 17.7 Å². The van der Waals surface area contributed by atoms with E-state index in [-0.39, 0.29) is 24.5 Å². The van der Waals surface area contributed by atoms with Gasteiger partial charge in [-0.25, -0.2) is 0 Å². The van der Waals surface area contributed by atoms with Crippen molar-refractivity contribution < 1.29 is 49.0 Å². The van der Waals surface area contributed by atoms with Crippen LogP contribution in [0.4, 0.5) is 0 Å². The van der Waals surface area contributed by atoms with E-state index >= 15 is 0 Å². The number of nitrogens with one attached hydrogen (secondary N) is 2. The molecule has 3 rings (SSSR count). The van der Waals surface area contributed by atoms with Crippen molar-refractivity contribution in [3.63, 3.8) is 0 Å².